The van der Waals surface area contributed by atoms with Gasteiger partial charge in [-0.3, -0.25) is 4.79 Å². The monoisotopic (exact) mass is 345 g/mol. The molecule has 0 saturated carbocycles. The predicted molar refractivity (Wildman–Crippen MR) is 81.2 cm³/mol. The number of hydrogen-bond acceptors (Lipinski definition) is 4. The molecule has 0 fully saturated rings. The lowest BCUT2D eigenvalue weighted by Crippen LogP contribution is -2.33. The number of carbonyl (C=O) groups is 1. The Morgan fingerprint density at radius 3 is 2.43 bits per heavy atom. The molecule has 0 spiro atoms. The Hall–Kier alpha value is -1.41. The van der Waals surface area contributed by atoms with Crippen molar-refractivity contribution < 1.29 is 18.3 Å². The van der Waals surface area contributed by atoms with E-state index in [1.54, 1.807) is 37.3 Å². The maximum atomic E-state index is 12.3. The summed E-state index contributed by atoms with van der Waals surface area (Å²) in [6.07, 6.45) is 0. The lowest BCUT2D eigenvalue weighted by Gasteiger charge is -2.14. The van der Waals surface area contributed by atoms with Gasteiger partial charge < -0.3 is 5.11 Å². The van der Waals surface area contributed by atoms with Crippen molar-refractivity contribution in [1.82, 2.24) is 4.72 Å². The van der Waals surface area contributed by atoms with Crippen molar-refractivity contribution in [2.24, 2.45) is 0 Å². The van der Waals surface area contributed by atoms with E-state index in [9.17, 15) is 18.3 Å². The van der Waals surface area contributed by atoms with Crippen LogP contribution in [0.1, 0.15) is 17.2 Å². The normalized spacial score (nSPS) is 13.0. The number of hydrogen-bond donors (Lipinski definition) is 2. The van der Waals surface area contributed by atoms with Crippen LogP contribution in [0.5, 0.6) is 0 Å². The van der Waals surface area contributed by atoms with Crippen molar-refractivity contribution in [3.05, 3.63) is 51.9 Å². The molecule has 0 aliphatic heterocycles. The smallest absolute Gasteiger partial charge is 0.326 e. The molecule has 0 aliphatic carbocycles. The molecule has 8 heteroatoms. The van der Waals surface area contributed by atoms with Crippen molar-refractivity contribution in [2.45, 2.75) is 17.2 Å². The molecule has 1 atom stereocenters. The number of rotatable bonds is 5. The van der Waals surface area contributed by atoms with Gasteiger partial charge in [0.2, 0.25) is 0 Å². The highest BCUT2D eigenvalue weighted by Gasteiger charge is 2.28. The van der Waals surface area contributed by atoms with E-state index in [1.807, 2.05) is 0 Å². The van der Waals surface area contributed by atoms with Gasteiger partial charge >= 0.3 is 5.97 Å². The molecule has 2 aromatic rings. The Labute approximate surface area is 131 Å². The van der Waals surface area contributed by atoms with Gasteiger partial charge in [-0.05, 0) is 24.1 Å². The largest absolute Gasteiger partial charge is 0.480 e. The molecule has 0 amide bonds. The first kappa shape index (κ1) is 16.0. The van der Waals surface area contributed by atoms with Crippen LogP contribution in [0.2, 0.25) is 4.34 Å². The number of nitrogens with one attached hydrogen (secondary N) is 1. The number of benzene rings is 1. The third-order valence-corrected chi connectivity index (χ3v) is 6.20. The predicted octanol–water partition coefficient (Wildman–Crippen LogP) is 2.81. The van der Waals surface area contributed by atoms with Crippen molar-refractivity contribution in [2.75, 3.05) is 0 Å². The molecule has 5 nitrogen and oxygen atoms in total. The average Bonchev–Trinajstić information content (AvgIpc) is 2.78. The molecule has 0 radical (unpaired) electrons. The van der Waals surface area contributed by atoms with Gasteiger partial charge in [-0.2, -0.15) is 4.72 Å². The maximum Gasteiger partial charge on any atom is 0.326 e. The fraction of sp³-hybridized carbons (Fsp3) is 0.154. The molecule has 1 aromatic carbocycles. The minimum atomic E-state index is -3.95. The first-order valence-electron chi connectivity index (χ1n) is 5.87. The lowest BCUT2D eigenvalue weighted by molar-refractivity contribution is -0.139. The number of thiophene rings is 1. The zero-order valence-electron chi connectivity index (χ0n) is 10.9. The van der Waals surface area contributed by atoms with Crippen LogP contribution in [-0.2, 0) is 14.8 Å². The van der Waals surface area contributed by atoms with E-state index in [0.717, 1.165) is 11.3 Å². The Kier molecular flexibility index (Phi) is 4.67. The van der Waals surface area contributed by atoms with Gasteiger partial charge in [-0.25, -0.2) is 8.42 Å². The summed E-state index contributed by atoms with van der Waals surface area (Å²) in [6.45, 7) is 1.68. The molecule has 2 rings (SSSR count). The molecule has 0 aliphatic rings. The Morgan fingerprint density at radius 2 is 1.95 bits per heavy atom. The van der Waals surface area contributed by atoms with E-state index in [-0.39, 0.29) is 4.21 Å². The number of carboxylic acid groups (broad SMARTS) is 1. The summed E-state index contributed by atoms with van der Waals surface area (Å²) >= 11 is 6.75. The van der Waals surface area contributed by atoms with Crippen molar-refractivity contribution in [3.63, 3.8) is 0 Å². The van der Waals surface area contributed by atoms with E-state index in [0.29, 0.717) is 15.5 Å². The third kappa shape index (κ3) is 3.62. The summed E-state index contributed by atoms with van der Waals surface area (Å²) < 4.78 is 27.1. The number of carboxylic acids is 1. The van der Waals surface area contributed by atoms with Crippen LogP contribution in [0.3, 0.4) is 0 Å². The van der Waals surface area contributed by atoms with E-state index < -0.39 is 22.0 Å². The third-order valence-electron chi connectivity index (χ3n) is 2.75. The summed E-state index contributed by atoms with van der Waals surface area (Å²) in [5.74, 6) is -1.27. The second-order valence-corrected chi connectivity index (χ2v) is 7.92. The molecule has 2 N–H and O–H groups in total. The summed E-state index contributed by atoms with van der Waals surface area (Å²) in [5.41, 5.74) is 0.988. The number of aryl methyl sites for hydroxylation is 1. The number of aliphatic carboxylic acids is 1. The minimum Gasteiger partial charge on any atom is -0.480 e. The summed E-state index contributed by atoms with van der Waals surface area (Å²) in [7, 11) is -3.95. The average molecular weight is 346 g/mol. The van der Waals surface area contributed by atoms with E-state index in [1.165, 1.54) is 6.07 Å². The maximum absolute atomic E-state index is 12.3. The summed E-state index contributed by atoms with van der Waals surface area (Å²) in [4.78, 5) is 11.3. The summed E-state index contributed by atoms with van der Waals surface area (Å²) in [5, 5.41) is 9.25. The quantitative estimate of drug-likeness (QED) is 0.872. The van der Waals surface area contributed by atoms with Gasteiger partial charge in [0.25, 0.3) is 10.0 Å². The van der Waals surface area contributed by atoms with Crippen LogP contribution in [0.25, 0.3) is 0 Å². The van der Waals surface area contributed by atoms with Crippen molar-refractivity contribution in [1.29, 1.82) is 0 Å². The fourth-order valence-corrected chi connectivity index (χ4v) is 4.59. The first-order valence-corrected chi connectivity index (χ1v) is 8.55. The summed E-state index contributed by atoms with van der Waals surface area (Å²) in [6, 6.07) is 8.18. The SMILES string of the molecule is Cc1cc(S(=O)(=O)NC(C(=O)O)c2ccccc2)sc1Cl. The van der Waals surface area contributed by atoms with Crippen LogP contribution in [0.4, 0.5) is 0 Å². The Morgan fingerprint density at radius 1 is 1.33 bits per heavy atom. The van der Waals surface area contributed by atoms with Crippen LogP contribution < -0.4 is 4.72 Å². The molecular formula is C13H12ClNO4S2. The molecule has 1 heterocycles. The Balaban J connectivity index is 2.35. The second-order valence-electron chi connectivity index (χ2n) is 4.33. The molecule has 1 aromatic heterocycles. The lowest BCUT2D eigenvalue weighted by atomic mass is 10.1. The van der Waals surface area contributed by atoms with Gasteiger partial charge in [-0.1, -0.05) is 41.9 Å². The molecule has 21 heavy (non-hydrogen) atoms. The Bertz CT molecular complexity index is 736. The van der Waals surface area contributed by atoms with E-state index in [2.05, 4.69) is 4.72 Å². The molecule has 0 saturated heterocycles. The zero-order valence-corrected chi connectivity index (χ0v) is 13.3. The van der Waals surface area contributed by atoms with Crippen LogP contribution in [-0.4, -0.2) is 19.5 Å². The molecular weight excluding hydrogens is 334 g/mol. The van der Waals surface area contributed by atoms with Gasteiger partial charge in [0, 0.05) is 0 Å². The van der Waals surface area contributed by atoms with Crippen LogP contribution in [0.15, 0.2) is 40.6 Å². The molecule has 1 unspecified atom stereocenters. The standard InChI is InChI=1S/C13H12ClNO4S2/c1-8-7-10(20-12(8)14)21(18,19)15-11(13(16)17)9-5-3-2-4-6-9/h2-7,11,15H,1H3,(H,16,17). The van der Waals surface area contributed by atoms with Crippen molar-refractivity contribution in [3.8, 4) is 0 Å². The van der Waals surface area contributed by atoms with E-state index >= 15 is 0 Å². The fourth-order valence-electron chi connectivity index (χ4n) is 1.68. The highest BCUT2D eigenvalue weighted by molar-refractivity contribution is 7.91. The highest BCUT2D eigenvalue weighted by atomic mass is 35.5. The van der Waals surface area contributed by atoms with E-state index in [4.69, 9.17) is 11.6 Å². The second kappa shape index (κ2) is 6.15. The number of halogens is 1. The highest BCUT2D eigenvalue weighted by Crippen LogP contribution is 2.30. The first-order chi connectivity index (χ1) is 9.81. The van der Waals surface area contributed by atoms with Crippen molar-refractivity contribution >= 4 is 38.9 Å². The van der Waals surface area contributed by atoms with Gasteiger partial charge in [0.05, 0.1) is 4.34 Å². The van der Waals surface area contributed by atoms with Gasteiger partial charge in [0.1, 0.15) is 10.3 Å². The van der Waals surface area contributed by atoms with Crippen LogP contribution in [0, 0.1) is 6.92 Å². The van der Waals surface area contributed by atoms with Crippen LogP contribution >= 0.6 is 22.9 Å². The van der Waals surface area contributed by atoms with Gasteiger partial charge in [-0.15, -0.1) is 11.3 Å². The van der Waals surface area contributed by atoms with Gasteiger partial charge in [0.15, 0.2) is 0 Å². The molecule has 112 valence electrons. The topological polar surface area (TPSA) is 83.5 Å². The zero-order chi connectivity index (χ0) is 15.6. The number of sulfonamides is 1. The minimum absolute atomic E-state index is 0.00724. The molecule has 0 bridgehead atoms.